The third kappa shape index (κ3) is 5.52. The maximum Gasteiger partial charge on any atom is 0.406 e. The minimum absolute atomic E-state index is 0.0135. The zero-order valence-electron chi connectivity index (χ0n) is 14.5. The topological polar surface area (TPSA) is 40.6 Å². The van der Waals surface area contributed by atoms with Gasteiger partial charge in [0, 0.05) is 11.9 Å². The van der Waals surface area contributed by atoms with Gasteiger partial charge >= 0.3 is 12.4 Å². The second kappa shape index (κ2) is 8.09. The summed E-state index contributed by atoms with van der Waals surface area (Å²) >= 11 is 0.819. The van der Waals surface area contributed by atoms with Crippen LogP contribution in [0.2, 0.25) is 0 Å². The van der Waals surface area contributed by atoms with Crippen LogP contribution in [0.1, 0.15) is 5.56 Å². The van der Waals surface area contributed by atoms with Gasteiger partial charge in [-0.15, -0.1) is 11.8 Å². The van der Waals surface area contributed by atoms with E-state index in [1.54, 1.807) is 0 Å². The molecule has 0 bridgehead atoms. The second-order valence-corrected chi connectivity index (χ2v) is 8.52. The molecule has 1 saturated heterocycles. The van der Waals surface area contributed by atoms with Gasteiger partial charge in [-0.3, -0.25) is 9.00 Å². The zero-order chi connectivity index (χ0) is 21.4. The molecular formula is C15H15F7N2O2S2. The van der Waals surface area contributed by atoms with Crippen molar-refractivity contribution in [2.45, 2.75) is 29.7 Å². The Labute approximate surface area is 162 Å². The van der Waals surface area contributed by atoms with Crippen molar-refractivity contribution in [3.05, 3.63) is 23.5 Å². The molecule has 0 aromatic heterocycles. The van der Waals surface area contributed by atoms with Gasteiger partial charge in [0.15, 0.2) is 5.50 Å². The van der Waals surface area contributed by atoms with Crippen LogP contribution in [0, 0.1) is 12.7 Å². The average Bonchev–Trinajstić information content (AvgIpc) is 2.84. The molecule has 1 unspecified atom stereocenters. The van der Waals surface area contributed by atoms with Crippen LogP contribution in [0.4, 0.5) is 36.4 Å². The smallest absolute Gasteiger partial charge is 0.343 e. The van der Waals surface area contributed by atoms with E-state index in [9.17, 15) is 39.7 Å². The molecule has 0 N–H and O–H groups in total. The third-order valence-electron chi connectivity index (χ3n) is 3.79. The number of carbonyl (C=O) groups excluding carboxylic acids is 1. The van der Waals surface area contributed by atoms with Crippen LogP contribution >= 0.6 is 11.8 Å². The zero-order valence-corrected chi connectivity index (χ0v) is 16.2. The van der Waals surface area contributed by atoms with E-state index in [4.69, 9.17) is 0 Å². The van der Waals surface area contributed by atoms with Gasteiger partial charge in [-0.05, 0) is 24.6 Å². The van der Waals surface area contributed by atoms with Gasteiger partial charge in [-0.25, -0.2) is 4.39 Å². The molecule has 0 spiro atoms. The molecule has 4 nitrogen and oxygen atoms in total. The molecule has 1 aromatic rings. The van der Waals surface area contributed by atoms with Gasteiger partial charge in [0.05, 0.1) is 22.2 Å². The van der Waals surface area contributed by atoms with E-state index in [1.165, 1.54) is 14.0 Å². The maximum atomic E-state index is 14.4. The fourth-order valence-corrected chi connectivity index (χ4v) is 4.91. The van der Waals surface area contributed by atoms with Crippen LogP contribution in [0.5, 0.6) is 0 Å². The Bertz CT molecular complexity index is 783. The minimum Gasteiger partial charge on any atom is -0.343 e. The van der Waals surface area contributed by atoms with E-state index in [2.05, 4.69) is 0 Å². The molecule has 1 fully saturated rings. The Kier molecular flexibility index (Phi) is 6.58. The van der Waals surface area contributed by atoms with E-state index in [1.807, 2.05) is 0 Å². The molecule has 1 aliphatic rings. The van der Waals surface area contributed by atoms with Crippen LogP contribution in [0.25, 0.3) is 0 Å². The summed E-state index contributed by atoms with van der Waals surface area (Å²) in [5.74, 6) is -3.61. The molecule has 13 heteroatoms. The highest BCUT2D eigenvalue weighted by molar-refractivity contribution is 8.01. The SMILES string of the molecule is Cc1cc(F)c(N(C)C2SCC(=O)N2CC(F)(F)F)cc1[S@@](=O)CC(F)(F)F. The molecule has 2 rings (SSSR count). The number of hydrogen-bond acceptors (Lipinski definition) is 4. The fraction of sp³-hybridized carbons (Fsp3) is 0.533. The number of nitrogens with zero attached hydrogens (tertiary/aromatic N) is 2. The second-order valence-electron chi connectivity index (χ2n) is 6.06. The molecule has 0 radical (unpaired) electrons. The number of halogens is 7. The van der Waals surface area contributed by atoms with Crippen molar-refractivity contribution >= 4 is 34.2 Å². The van der Waals surface area contributed by atoms with E-state index < -0.39 is 52.7 Å². The first-order valence-electron chi connectivity index (χ1n) is 7.65. The molecule has 1 heterocycles. The number of thioether (sulfide) groups is 1. The van der Waals surface area contributed by atoms with Crippen molar-refractivity contribution in [3.63, 3.8) is 0 Å². The summed E-state index contributed by atoms with van der Waals surface area (Å²) in [6.07, 6.45) is -9.39. The summed E-state index contributed by atoms with van der Waals surface area (Å²) in [6, 6.07) is 1.78. The predicted molar refractivity (Wildman–Crippen MR) is 90.9 cm³/mol. The molecule has 1 aliphatic heterocycles. The first-order chi connectivity index (χ1) is 12.7. The van der Waals surface area contributed by atoms with Crippen LogP contribution in [0.15, 0.2) is 17.0 Å². The van der Waals surface area contributed by atoms with Crippen molar-refractivity contribution in [1.82, 2.24) is 4.90 Å². The Morgan fingerprint density at radius 1 is 1.21 bits per heavy atom. The Hall–Kier alpha value is -1.50. The van der Waals surface area contributed by atoms with Crippen molar-refractivity contribution < 1.29 is 39.7 Å². The number of rotatable bonds is 5. The van der Waals surface area contributed by atoms with E-state index in [0.717, 1.165) is 28.8 Å². The lowest BCUT2D eigenvalue weighted by molar-refractivity contribution is -0.159. The number of alkyl halides is 6. The largest absolute Gasteiger partial charge is 0.406 e. The highest BCUT2D eigenvalue weighted by Crippen LogP contribution is 2.35. The van der Waals surface area contributed by atoms with Gasteiger partial charge in [0.1, 0.15) is 18.1 Å². The van der Waals surface area contributed by atoms with Crippen molar-refractivity contribution in [1.29, 1.82) is 0 Å². The molecule has 0 saturated carbocycles. The summed E-state index contributed by atoms with van der Waals surface area (Å²) in [7, 11) is -1.31. The molecule has 0 aliphatic carbocycles. The molecule has 1 aromatic carbocycles. The van der Waals surface area contributed by atoms with Gasteiger partial charge < -0.3 is 9.80 Å². The summed E-state index contributed by atoms with van der Waals surface area (Å²) < 4.78 is 102. The standard InChI is InChI=1S/C15H15F7N2O2S2/c1-8-3-9(16)10(4-11(8)28(26)7-15(20,21)22)23(2)13-24(6-14(17,18)19)12(25)5-27-13/h3-4,13H,5-7H2,1-2H3/t13?,28-/m0/s1. The lowest BCUT2D eigenvalue weighted by Crippen LogP contribution is -2.47. The minimum atomic E-state index is -4.71. The fourth-order valence-electron chi connectivity index (χ4n) is 2.63. The predicted octanol–water partition coefficient (Wildman–Crippen LogP) is 3.66. The van der Waals surface area contributed by atoms with Crippen molar-refractivity contribution in [2.75, 3.05) is 30.0 Å². The lowest BCUT2D eigenvalue weighted by Gasteiger charge is -2.33. The van der Waals surface area contributed by atoms with E-state index in [-0.39, 0.29) is 21.9 Å². The highest BCUT2D eigenvalue weighted by atomic mass is 32.2. The van der Waals surface area contributed by atoms with Crippen molar-refractivity contribution in [2.24, 2.45) is 0 Å². The van der Waals surface area contributed by atoms with Gasteiger partial charge in [0.25, 0.3) is 0 Å². The highest BCUT2D eigenvalue weighted by Gasteiger charge is 2.42. The van der Waals surface area contributed by atoms with Gasteiger partial charge in [0.2, 0.25) is 5.91 Å². The Morgan fingerprint density at radius 3 is 2.36 bits per heavy atom. The van der Waals surface area contributed by atoms with Crippen molar-refractivity contribution in [3.8, 4) is 0 Å². The first-order valence-corrected chi connectivity index (χ1v) is 10.0. The van der Waals surface area contributed by atoms with Gasteiger partial charge in [-0.2, -0.15) is 26.3 Å². The normalized spacial score (nSPS) is 19.2. The number of amides is 1. The summed E-state index contributed by atoms with van der Waals surface area (Å²) in [5.41, 5.74) is -1.55. The Morgan fingerprint density at radius 2 is 1.82 bits per heavy atom. The monoisotopic (exact) mass is 452 g/mol. The summed E-state index contributed by atoms with van der Waals surface area (Å²) in [5, 5.41) is 0. The van der Waals surface area contributed by atoms with Crippen LogP contribution in [0.3, 0.4) is 0 Å². The lowest BCUT2D eigenvalue weighted by atomic mass is 10.2. The average molecular weight is 452 g/mol. The molecular weight excluding hydrogens is 437 g/mol. The Balaban J connectivity index is 2.37. The quantitative estimate of drug-likeness (QED) is 0.640. The van der Waals surface area contributed by atoms with Crippen LogP contribution in [-0.4, -0.2) is 58.0 Å². The third-order valence-corrected chi connectivity index (χ3v) is 6.59. The summed E-state index contributed by atoms with van der Waals surface area (Å²) in [6.45, 7) is -0.269. The number of benzene rings is 1. The van der Waals surface area contributed by atoms with Crippen LogP contribution < -0.4 is 4.90 Å². The molecule has 2 atom stereocenters. The number of hydrogen-bond donors (Lipinski definition) is 0. The number of carbonyl (C=O) groups is 1. The first kappa shape index (κ1) is 22.8. The molecule has 1 amide bonds. The number of anilines is 1. The van der Waals surface area contributed by atoms with Crippen LogP contribution in [-0.2, 0) is 15.6 Å². The van der Waals surface area contributed by atoms with E-state index >= 15 is 0 Å². The number of aryl methyl sites for hydroxylation is 1. The summed E-state index contributed by atoms with van der Waals surface area (Å²) in [4.78, 5) is 13.0. The molecule has 28 heavy (non-hydrogen) atoms. The van der Waals surface area contributed by atoms with Gasteiger partial charge in [-0.1, -0.05) is 0 Å². The molecule has 158 valence electrons. The maximum absolute atomic E-state index is 14.4. The van der Waals surface area contributed by atoms with E-state index in [0.29, 0.717) is 4.90 Å².